The van der Waals surface area contributed by atoms with Gasteiger partial charge in [0.05, 0.1) is 17.1 Å². The van der Waals surface area contributed by atoms with Crippen LogP contribution in [-0.2, 0) is 9.47 Å². The van der Waals surface area contributed by atoms with Crippen LogP contribution in [0.1, 0.15) is 35.8 Å². The van der Waals surface area contributed by atoms with E-state index in [9.17, 15) is 15.0 Å². The van der Waals surface area contributed by atoms with Crippen molar-refractivity contribution in [2.24, 2.45) is 11.8 Å². The van der Waals surface area contributed by atoms with Crippen molar-refractivity contribution in [1.29, 1.82) is 0 Å². The number of hydrogen-bond donors (Lipinski definition) is 2. The number of halogens is 1. The molecule has 3 aliphatic rings. The number of rotatable bonds is 6. The van der Waals surface area contributed by atoms with Crippen LogP contribution in [0.5, 0.6) is 0 Å². The first kappa shape index (κ1) is 24.3. The van der Waals surface area contributed by atoms with Gasteiger partial charge < -0.3 is 24.6 Å². The largest absolute Gasteiger partial charge is 0.459 e. The summed E-state index contributed by atoms with van der Waals surface area (Å²) >= 11 is 6.33. The van der Waals surface area contributed by atoms with Gasteiger partial charge >= 0.3 is 5.97 Å². The van der Waals surface area contributed by atoms with Gasteiger partial charge in [-0.25, -0.2) is 9.48 Å². The van der Waals surface area contributed by atoms with Gasteiger partial charge in [0.25, 0.3) is 0 Å². The third-order valence-electron chi connectivity index (χ3n) is 7.94. The van der Waals surface area contributed by atoms with Gasteiger partial charge in [0.15, 0.2) is 11.9 Å². The van der Waals surface area contributed by atoms with E-state index in [1.807, 2.05) is 0 Å². The smallest absolute Gasteiger partial charge is 0.338 e. The summed E-state index contributed by atoms with van der Waals surface area (Å²) in [5.41, 5.74) is -1.15. The molecular weight excluding hydrogens is 498 g/mol. The first-order valence-corrected chi connectivity index (χ1v) is 12.8. The Morgan fingerprint density at radius 1 is 1.24 bits per heavy atom. The number of aromatic nitrogens is 4. The molecule has 2 N–H and O–H groups in total. The number of ether oxygens (including phenoxy) is 2. The van der Waals surface area contributed by atoms with Crippen LogP contribution in [-0.4, -0.2) is 73.4 Å². The molecule has 3 fully saturated rings. The minimum Gasteiger partial charge on any atom is -0.459 e. The second-order valence-electron chi connectivity index (χ2n) is 10.0. The van der Waals surface area contributed by atoms with Crippen molar-refractivity contribution >= 4 is 34.4 Å². The zero-order valence-corrected chi connectivity index (χ0v) is 20.9. The number of carbonyl (C=O) groups excluding carboxylic acids is 1. The van der Waals surface area contributed by atoms with Crippen molar-refractivity contribution in [2.75, 3.05) is 24.6 Å². The number of carbonyl (C=O) groups is 1. The Hall–Kier alpha value is -3.05. The topological polar surface area (TPSA) is 123 Å². The van der Waals surface area contributed by atoms with E-state index in [0.717, 1.165) is 13.1 Å². The van der Waals surface area contributed by atoms with E-state index in [-0.39, 0.29) is 11.9 Å². The van der Waals surface area contributed by atoms with E-state index >= 15 is 0 Å². The molecule has 6 rings (SSSR count). The Bertz CT molecular complexity index is 1320. The lowest BCUT2D eigenvalue weighted by atomic mass is 9.92. The average molecular weight is 526 g/mol. The number of nitrogens with zero attached hydrogens (tertiary/aromatic N) is 5. The second kappa shape index (κ2) is 9.36. The molecule has 2 saturated heterocycles. The zero-order chi connectivity index (χ0) is 25.7. The standard InChI is InChI=1S/C26H28ClN5O5/c1-2-26(35)19(14-36-24(34)15-7-4-3-5-8-15)37-23(20(26)33)32-22-18(11-28-32)21(29-25(27)30-22)31-12-16-9-6-10-17(16)13-31/h2-5,7-8,11,16-17,19-20,23,33,35H,1,6,9-10,12-14H2/t16-,17+,19-,20+,23-,26-/m1/s1. The number of esters is 1. The molecule has 3 aromatic rings. The van der Waals surface area contributed by atoms with Crippen LogP contribution >= 0.6 is 11.6 Å². The van der Waals surface area contributed by atoms with Gasteiger partial charge in [0.1, 0.15) is 30.2 Å². The minimum atomic E-state index is -1.90. The maximum absolute atomic E-state index is 12.4. The molecule has 194 valence electrons. The summed E-state index contributed by atoms with van der Waals surface area (Å²) < 4.78 is 12.8. The summed E-state index contributed by atoms with van der Waals surface area (Å²) in [7, 11) is 0. The van der Waals surface area contributed by atoms with E-state index in [1.165, 1.54) is 30.0 Å². The number of aliphatic hydroxyl groups is 2. The highest BCUT2D eigenvalue weighted by Crippen LogP contribution is 2.42. The van der Waals surface area contributed by atoms with E-state index in [4.69, 9.17) is 21.1 Å². The molecule has 0 amide bonds. The van der Waals surface area contributed by atoms with Crippen LogP contribution in [0.3, 0.4) is 0 Å². The zero-order valence-electron chi connectivity index (χ0n) is 20.1. The number of anilines is 1. The number of hydrogen-bond acceptors (Lipinski definition) is 9. The maximum atomic E-state index is 12.4. The molecule has 0 radical (unpaired) electrons. The number of benzene rings is 1. The lowest BCUT2D eigenvalue weighted by Crippen LogP contribution is -2.47. The quantitative estimate of drug-likeness (QED) is 0.284. The molecule has 0 bridgehead atoms. The first-order chi connectivity index (χ1) is 17.9. The first-order valence-electron chi connectivity index (χ1n) is 12.5. The molecule has 4 heterocycles. The molecule has 2 aliphatic heterocycles. The Kier molecular flexibility index (Phi) is 6.15. The predicted octanol–water partition coefficient (Wildman–Crippen LogP) is 2.75. The molecule has 11 heteroatoms. The minimum absolute atomic E-state index is 0.0566. The summed E-state index contributed by atoms with van der Waals surface area (Å²) in [6.07, 6.45) is 2.86. The average Bonchev–Trinajstić information content (AvgIpc) is 3.67. The monoisotopic (exact) mass is 525 g/mol. The molecule has 0 spiro atoms. The molecule has 6 atom stereocenters. The second-order valence-corrected chi connectivity index (χ2v) is 10.4. The third kappa shape index (κ3) is 4.08. The molecule has 1 saturated carbocycles. The Morgan fingerprint density at radius 3 is 2.68 bits per heavy atom. The Labute approximate surface area is 218 Å². The molecular formula is C26H28ClN5O5. The van der Waals surface area contributed by atoms with Crippen LogP contribution < -0.4 is 4.90 Å². The SMILES string of the molecule is C=C[C@@]1(O)[C@@H](COC(=O)c2ccccc2)O[C@@H](n2ncc3c(N4C[C@H]5CCC[C@H]5C4)nc(Cl)nc32)[C@@H]1O. The molecule has 10 nitrogen and oxygen atoms in total. The summed E-state index contributed by atoms with van der Waals surface area (Å²) in [5, 5.41) is 27.5. The summed E-state index contributed by atoms with van der Waals surface area (Å²) in [4.78, 5) is 23.6. The highest BCUT2D eigenvalue weighted by molar-refractivity contribution is 6.28. The molecule has 1 aromatic carbocycles. The lowest BCUT2D eigenvalue weighted by molar-refractivity contribution is -0.0715. The van der Waals surface area contributed by atoms with Gasteiger partial charge in [-0.3, -0.25) is 0 Å². The summed E-state index contributed by atoms with van der Waals surface area (Å²) in [6.45, 7) is 5.19. The molecule has 2 aromatic heterocycles. The van der Waals surface area contributed by atoms with Crippen LogP contribution in [0, 0.1) is 11.8 Å². The van der Waals surface area contributed by atoms with Gasteiger partial charge in [-0.1, -0.05) is 30.7 Å². The fourth-order valence-corrected chi connectivity index (χ4v) is 6.08. The van der Waals surface area contributed by atoms with Gasteiger partial charge in [0.2, 0.25) is 5.28 Å². The highest BCUT2D eigenvalue weighted by Gasteiger charge is 2.55. The number of fused-ring (bicyclic) bond motifs is 2. The van der Waals surface area contributed by atoms with E-state index in [0.29, 0.717) is 34.3 Å². The van der Waals surface area contributed by atoms with Crippen molar-refractivity contribution in [3.05, 3.63) is 60.0 Å². The highest BCUT2D eigenvalue weighted by atomic mass is 35.5. The van der Waals surface area contributed by atoms with Gasteiger partial charge in [-0.05, 0) is 48.4 Å². The maximum Gasteiger partial charge on any atom is 0.338 e. The fraction of sp³-hybridized carbons (Fsp3) is 0.462. The summed E-state index contributed by atoms with van der Waals surface area (Å²) in [5.74, 6) is 1.44. The van der Waals surface area contributed by atoms with Crippen LogP contribution in [0.4, 0.5) is 5.82 Å². The fourth-order valence-electron chi connectivity index (χ4n) is 5.92. The van der Waals surface area contributed by atoms with Crippen molar-refractivity contribution in [1.82, 2.24) is 19.7 Å². The van der Waals surface area contributed by atoms with E-state index in [2.05, 4.69) is 26.5 Å². The summed E-state index contributed by atoms with van der Waals surface area (Å²) in [6, 6.07) is 8.49. The van der Waals surface area contributed by atoms with Crippen LogP contribution in [0.15, 0.2) is 49.2 Å². The van der Waals surface area contributed by atoms with E-state index < -0.39 is 30.0 Å². The van der Waals surface area contributed by atoms with Crippen molar-refractivity contribution in [3.63, 3.8) is 0 Å². The Balaban J connectivity index is 1.27. The molecule has 37 heavy (non-hydrogen) atoms. The Morgan fingerprint density at radius 2 is 1.97 bits per heavy atom. The predicted molar refractivity (Wildman–Crippen MR) is 135 cm³/mol. The van der Waals surface area contributed by atoms with Crippen LogP contribution in [0.2, 0.25) is 5.28 Å². The van der Waals surface area contributed by atoms with Gasteiger partial charge in [-0.2, -0.15) is 15.1 Å². The molecule has 1 aliphatic carbocycles. The van der Waals surface area contributed by atoms with Crippen molar-refractivity contribution in [2.45, 2.75) is 43.3 Å². The van der Waals surface area contributed by atoms with Crippen molar-refractivity contribution < 1.29 is 24.5 Å². The van der Waals surface area contributed by atoms with Crippen LogP contribution in [0.25, 0.3) is 11.0 Å². The molecule has 0 unspecified atom stereocenters. The van der Waals surface area contributed by atoms with E-state index in [1.54, 1.807) is 36.5 Å². The normalized spacial score (nSPS) is 31.1. The van der Waals surface area contributed by atoms with Crippen molar-refractivity contribution in [3.8, 4) is 0 Å². The van der Waals surface area contributed by atoms with Gasteiger partial charge in [-0.15, -0.1) is 6.58 Å². The number of aliphatic hydroxyl groups excluding tert-OH is 1. The third-order valence-corrected chi connectivity index (χ3v) is 8.11. The lowest BCUT2D eigenvalue weighted by Gasteiger charge is -2.27. The van der Waals surface area contributed by atoms with Gasteiger partial charge in [0, 0.05) is 13.1 Å².